The SMILES string of the molecule is C/C=C(\C=C/Cc1ccnc(-c2ccc(-c3ccccc3-c3cc(-c4ccccc4-c4ccc(-c5ccc6c(c5)C(C)(C)C(C)(C)C6(C)C)nc4)cc(-c4ccccc4-c4ccc(-c5ccc6c(c5)C(C)(C)C(C)(C)C6(C)C)nc4)c3)cc2)n1)c1ccccc1-c1cc(-c2ccccc2-c2ccc(-c3ccc4c(c3)C(C)(C)C(C)(C)C4(C)C)nc2)cc(-c2ccccc2-c2ccc(-c3ccc4c(c3)C(C)(C)C(C)(C)C4(C)C)nc2)c1. The van der Waals surface area contributed by atoms with E-state index >= 15 is 0 Å². The molecule has 0 aliphatic heterocycles. The fourth-order valence-corrected chi connectivity index (χ4v) is 26.0. The van der Waals surface area contributed by atoms with Crippen molar-refractivity contribution in [3.05, 3.63) is 439 Å². The van der Waals surface area contributed by atoms with Crippen LogP contribution in [0, 0.1) is 21.7 Å². The molecule has 0 fully saturated rings. The maximum Gasteiger partial charge on any atom is 0.159 e. The summed E-state index contributed by atoms with van der Waals surface area (Å²) in [5.74, 6) is 0.670. The third kappa shape index (κ3) is 15.8. The zero-order chi connectivity index (χ0) is 105. The van der Waals surface area contributed by atoms with Crippen molar-refractivity contribution in [3.8, 4) is 179 Å². The summed E-state index contributed by atoms with van der Waals surface area (Å²) in [7, 11) is 0. The van der Waals surface area contributed by atoms with Gasteiger partial charge in [-0.2, -0.15) is 0 Å². The summed E-state index contributed by atoms with van der Waals surface area (Å²) >= 11 is 0. The lowest BCUT2D eigenvalue weighted by Crippen LogP contribution is -2.42. The molecule has 0 radical (unpaired) electrons. The highest BCUT2D eigenvalue weighted by Crippen LogP contribution is 2.67. The van der Waals surface area contributed by atoms with E-state index in [0.29, 0.717) is 12.2 Å². The van der Waals surface area contributed by atoms with Gasteiger partial charge in [-0.25, -0.2) is 9.97 Å². The van der Waals surface area contributed by atoms with Gasteiger partial charge in [0.15, 0.2) is 5.82 Å². The van der Waals surface area contributed by atoms with Crippen LogP contribution in [0.2, 0.25) is 0 Å². The molecule has 0 bridgehead atoms. The monoisotopic (exact) mass is 1950 g/mol. The number of pyridine rings is 4. The average Bonchev–Trinajstić information content (AvgIpc) is 1.55. The highest BCUT2D eigenvalue weighted by molar-refractivity contribution is 5.98. The highest BCUT2D eigenvalue weighted by atomic mass is 14.9. The van der Waals surface area contributed by atoms with Crippen molar-refractivity contribution in [2.24, 2.45) is 21.7 Å². The summed E-state index contributed by atoms with van der Waals surface area (Å²) in [5, 5.41) is 0. The van der Waals surface area contributed by atoms with Gasteiger partial charge in [-0.15, -0.1) is 0 Å². The van der Waals surface area contributed by atoms with Gasteiger partial charge < -0.3 is 0 Å². The number of hydrogen-bond donors (Lipinski definition) is 0. The van der Waals surface area contributed by atoms with Crippen LogP contribution in [-0.4, -0.2) is 29.9 Å². The zero-order valence-electron chi connectivity index (χ0n) is 92.3. The molecule has 18 aromatic rings. The van der Waals surface area contributed by atoms with Crippen molar-refractivity contribution in [2.45, 2.75) is 223 Å². The molecule has 0 spiro atoms. The molecule has 746 valence electrons. The molecule has 22 rings (SSSR count). The number of hydrogen-bond acceptors (Lipinski definition) is 6. The van der Waals surface area contributed by atoms with Crippen molar-refractivity contribution in [3.63, 3.8) is 0 Å². The molecule has 0 atom stereocenters. The first kappa shape index (κ1) is 99.6. The number of allylic oxidation sites excluding steroid dienone is 4. The molecule has 0 N–H and O–H groups in total. The maximum absolute atomic E-state index is 5.31. The summed E-state index contributed by atoms with van der Waals surface area (Å²) < 4.78 is 0. The van der Waals surface area contributed by atoms with Crippen molar-refractivity contribution in [2.75, 3.05) is 0 Å². The molecule has 5 heterocycles. The molecular formula is C144H140N6. The molecule has 4 aliphatic carbocycles. The Morgan fingerprint density at radius 1 is 0.207 bits per heavy atom. The molecule has 150 heavy (non-hydrogen) atoms. The molecule has 6 nitrogen and oxygen atoms in total. The number of aromatic nitrogens is 6. The molecule has 6 heteroatoms. The lowest BCUT2D eigenvalue weighted by atomic mass is 9.59. The lowest BCUT2D eigenvalue weighted by molar-refractivity contribution is 0.125. The second-order valence-corrected chi connectivity index (χ2v) is 49.4. The van der Waals surface area contributed by atoms with Crippen LogP contribution in [0.4, 0.5) is 0 Å². The van der Waals surface area contributed by atoms with E-state index in [2.05, 4.69) is 544 Å². The molecule has 0 saturated carbocycles. The minimum absolute atomic E-state index is 0.0169. The highest BCUT2D eigenvalue weighted by Gasteiger charge is 2.61. The van der Waals surface area contributed by atoms with Gasteiger partial charge in [0, 0.05) is 93.2 Å². The van der Waals surface area contributed by atoms with Gasteiger partial charge in [0.1, 0.15) is 0 Å². The predicted octanol–water partition coefficient (Wildman–Crippen LogP) is 38.3. The molecule has 4 aliphatic rings. The Hall–Kier alpha value is -15.0. The Bertz CT molecular complexity index is 8080. The molecule has 0 unspecified atom stereocenters. The van der Waals surface area contributed by atoms with E-state index in [4.69, 9.17) is 29.9 Å². The number of benzene rings is 13. The van der Waals surface area contributed by atoms with Crippen LogP contribution >= 0.6 is 0 Å². The predicted molar refractivity (Wildman–Crippen MR) is 632 cm³/mol. The van der Waals surface area contributed by atoms with Crippen LogP contribution < -0.4 is 0 Å². The van der Waals surface area contributed by atoms with Crippen molar-refractivity contribution >= 4 is 5.57 Å². The Kier molecular flexibility index (Phi) is 24.0. The normalized spacial score (nSPS) is 17.4. The summed E-state index contributed by atoms with van der Waals surface area (Å²) in [5.41, 5.74) is 48.1. The Morgan fingerprint density at radius 2 is 0.433 bits per heavy atom. The van der Waals surface area contributed by atoms with Crippen LogP contribution in [0.3, 0.4) is 0 Å². The third-order valence-electron chi connectivity index (χ3n) is 40.2. The van der Waals surface area contributed by atoms with Crippen molar-refractivity contribution in [1.29, 1.82) is 0 Å². The van der Waals surface area contributed by atoms with E-state index in [-0.39, 0.29) is 65.0 Å². The summed E-state index contributed by atoms with van der Waals surface area (Å²) in [6.45, 7) is 60.1. The van der Waals surface area contributed by atoms with Gasteiger partial charge in [-0.3, -0.25) is 19.9 Å². The summed E-state index contributed by atoms with van der Waals surface area (Å²) in [6, 6.07) is 124. The van der Waals surface area contributed by atoms with Crippen LogP contribution in [0.15, 0.2) is 383 Å². The van der Waals surface area contributed by atoms with Crippen molar-refractivity contribution in [1.82, 2.24) is 29.9 Å². The van der Waals surface area contributed by atoms with Crippen LogP contribution in [0.25, 0.3) is 184 Å². The van der Waals surface area contributed by atoms with Crippen LogP contribution in [-0.2, 0) is 49.7 Å². The van der Waals surface area contributed by atoms with Gasteiger partial charge >= 0.3 is 0 Å². The van der Waals surface area contributed by atoms with E-state index in [1.807, 2.05) is 12.3 Å². The lowest BCUT2D eigenvalue weighted by Gasteiger charge is -2.44. The quantitative estimate of drug-likeness (QED) is 0.0708. The van der Waals surface area contributed by atoms with Gasteiger partial charge in [0.05, 0.1) is 22.8 Å². The number of rotatable bonds is 20. The first-order valence-corrected chi connectivity index (χ1v) is 54.0. The second kappa shape index (κ2) is 36.2. The van der Waals surface area contributed by atoms with Gasteiger partial charge in [0.2, 0.25) is 0 Å². The molecule has 0 saturated heterocycles. The van der Waals surface area contributed by atoms with E-state index in [1.54, 1.807) is 0 Å². The van der Waals surface area contributed by atoms with Gasteiger partial charge in [-0.05, 0) is 319 Å². The minimum atomic E-state index is -0.0279. The summed E-state index contributed by atoms with van der Waals surface area (Å²) in [4.78, 5) is 31.5. The first-order valence-electron chi connectivity index (χ1n) is 54.0. The van der Waals surface area contributed by atoms with Crippen LogP contribution in [0.1, 0.15) is 229 Å². The second-order valence-electron chi connectivity index (χ2n) is 49.4. The molecule has 0 amide bonds. The standard InChI is InChI=1S/C144H140N6/c1-26-90(108-42-27-33-48-114(108)101-76-103(116-50-35-29-44-110(116)97-62-70-128(146-86-97)93-58-66-120-124(82-93)137(10,11)141(18,19)133(120,2)3)80-104(77-101)117-51-36-30-45-111(117)98-63-71-129(147-87-98)94-59-67-121-125(83-94)138(12,13)142(20,21)134(121,4)5)40-39-41-107-74-75-145-132(150-107)92-56-54-91(55-57-92)109-43-28-34-49-115(109)102-78-105(118-52-37-31-46-112(118)99-64-72-130(148-88-99)95-60-68-122-126(84-95)139(14,15)143(22,23)135(122,6)7)81-106(79-102)119-53-38-32-47-113(119)100-65-73-131(149-89-100)96-61-69-123-127(85-96)140(16,17)144(24,25)136(123,8)9/h26-40,42-89H,41H2,1-25H3/b40-39-,90-26+. The minimum Gasteiger partial charge on any atom is -0.256 e. The Morgan fingerprint density at radius 3 is 0.700 bits per heavy atom. The topological polar surface area (TPSA) is 77.3 Å². The Labute approximate surface area is 891 Å². The average molecular weight is 1950 g/mol. The third-order valence-corrected chi connectivity index (χ3v) is 40.2. The summed E-state index contributed by atoms with van der Waals surface area (Å²) in [6.07, 6.45) is 17.5. The fourth-order valence-electron chi connectivity index (χ4n) is 26.0. The Balaban J connectivity index is 0.573. The van der Waals surface area contributed by atoms with Gasteiger partial charge in [-0.1, -0.05) is 427 Å². The van der Waals surface area contributed by atoms with E-state index in [1.165, 1.54) is 44.5 Å². The van der Waals surface area contributed by atoms with Gasteiger partial charge in [0.25, 0.3) is 0 Å². The first-order chi connectivity index (χ1) is 71.4. The fraction of sp³-hybridized carbons (Fsp3) is 0.264. The zero-order valence-corrected chi connectivity index (χ0v) is 92.3. The smallest absolute Gasteiger partial charge is 0.159 e. The number of nitrogens with zero attached hydrogens (tertiary/aromatic N) is 6. The number of fused-ring (bicyclic) bond motifs is 4. The van der Waals surface area contributed by atoms with Crippen LogP contribution in [0.5, 0.6) is 0 Å². The largest absolute Gasteiger partial charge is 0.256 e. The maximum atomic E-state index is 5.31. The molecule has 13 aromatic carbocycles. The molecule has 5 aromatic heterocycles. The molecular weight excluding hydrogens is 1810 g/mol. The van der Waals surface area contributed by atoms with E-state index in [9.17, 15) is 0 Å². The van der Waals surface area contributed by atoms with E-state index in [0.717, 1.165) is 190 Å². The van der Waals surface area contributed by atoms with E-state index < -0.39 is 0 Å². The van der Waals surface area contributed by atoms with Crippen molar-refractivity contribution < 1.29 is 0 Å².